The van der Waals surface area contributed by atoms with Gasteiger partial charge < -0.3 is 15.4 Å². The van der Waals surface area contributed by atoms with Crippen molar-refractivity contribution >= 4 is 17.8 Å². The van der Waals surface area contributed by atoms with Crippen LogP contribution in [0.15, 0.2) is 24.3 Å². The van der Waals surface area contributed by atoms with Crippen LogP contribution in [0.3, 0.4) is 0 Å². The third-order valence-corrected chi connectivity index (χ3v) is 4.16. The largest absolute Gasteiger partial charge is 0.497 e. The Bertz CT molecular complexity index is 599. The molecule has 4 amide bonds. The molecule has 2 N–H and O–H groups in total. The van der Waals surface area contributed by atoms with Gasteiger partial charge in [-0.15, -0.1) is 0 Å². The normalized spacial score (nSPS) is 15.0. The second kappa shape index (κ2) is 9.05. The van der Waals surface area contributed by atoms with Crippen molar-refractivity contribution in [3.05, 3.63) is 29.8 Å². The van der Waals surface area contributed by atoms with Crippen molar-refractivity contribution < 1.29 is 19.1 Å². The van der Waals surface area contributed by atoms with Gasteiger partial charge in [0, 0.05) is 19.0 Å². The number of ether oxygens (including phenoxy) is 1. The molecule has 1 fully saturated rings. The van der Waals surface area contributed by atoms with Crippen LogP contribution in [0.25, 0.3) is 0 Å². The molecule has 25 heavy (non-hydrogen) atoms. The Balaban J connectivity index is 1.64. The lowest BCUT2D eigenvalue weighted by Crippen LogP contribution is -2.35. The maximum atomic E-state index is 12.0. The van der Waals surface area contributed by atoms with Gasteiger partial charge in [0.1, 0.15) is 5.75 Å². The van der Waals surface area contributed by atoms with Crippen molar-refractivity contribution in [3.8, 4) is 5.75 Å². The summed E-state index contributed by atoms with van der Waals surface area (Å²) in [4.78, 5) is 35.9. The number of benzene rings is 1. The molecule has 0 unspecified atom stereocenters. The lowest BCUT2D eigenvalue weighted by atomic mass is 10.1. The summed E-state index contributed by atoms with van der Waals surface area (Å²) in [5.41, 5.74) is 1.19. The summed E-state index contributed by atoms with van der Waals surface area (Å²) in [5.74, 6) is 0.530. The minimum absolute atomic E-state index is 0.0490. The highest BCUT2D eigenvalue weighted by Crippen LogP contribution is 2.13. The molecule has 1 atom stereocenters. The highest BCUT2D eigenvalue weighted by molar-refractivity contribution is 6.01. The molecule has 1 aliphatic heterocycles. The monoisotopic (exact) mass is 347 g/mol. The number of carbonyl (C=O) groups is 3. The molecule has 1 saturated heterocycles. The number of nitrogens with one attached hydrogen (secondary N) is 2. The summed E-state index contributed by atoms with van der Waals surface area (Å²) in [6, 6.07) is 7.57. The van der Waals surface area contributed by atoms with Crippen molar-refractivity contribution in [3.63, 3.8) is 0 Å². The molecule has 2 rings (SSSR count). The number of aryl methyl sites for hydroxylation is 1. The number of amides is 4. The zero-order chi connectivity index (χ0) is 18.2. The van der Waals surface area contributed by atoms with E-state index in [2.05, 4.69) is 10.6 Å². The SMILES string of the molecule is COc1ccc(CC[C@H](C)NC(=O)CCCN2C(=O)CNC2=O)cc1. The smallest absolute Gasteiger partial charge is 0.324 e. The second-order valence-electron chi connectivity index (χ2n) is 6.16. The van der Waals surface area contributed by atoms with E-state index in [0.717, 1.165) is 23.5 Å². The minimum Gasteiger partial charge on any atom is -0.497 e. The molecular formula is C18H25N3O4. The summed E-state index contributed by atoms with van der Waals surface area (Å²) >= 11 is 0. The van der Waals surface area contributed by atoms with Crippen LogP contribution in [-0.4, -0.2) is 49.0 Å². The van der Waals surface area contributed by atoms with Crippen LogP contribution in [0.5, 0.6) is 5.75 Å². The first-order valence-electron chi connectivity index (χ1n) is 8.50. The van der Waals surface area contributed by atoms with Crippen molar-refractivity contribution in [1.82, 2.24) is 15.5 Å². The van der Waals surface area contributed by atoms with Crippen molar-refractivity contribution in [2.45, 2.75) is 38.6 Å². The van der Waals surface area contributed by atoms with E-state index in [-0.39, 0.29) is 37.0 Å². The van der Waals surface area contributed by atoms with Crippen LogP contribution >= 0.6 is 0 Å². The minimum atomic E-state index is -0.377. The van der Waals surface area contributed by atoms with E-state index in [4.69, 9.17) is 4.74 Å². The van der Waals surface area contributed by atoms with Crippen LogP contribution in [0.2, 0.25) is 0 Å². The predicted octanol–water partition coefficient (Wildman–Crippen LogP) is 1.46. The van der Waals surface area contributed by atoms with E-state index >= 15 is 0 Å². The summed E-state index contributed by atoms with van der Waals surface area (Å²) < 4.78 is 5.13. The van der Waals surface area contributed by atoms with Crippen LogP contribution in [-0.2, 0) is 16.0 Å². The second-order valence-corrected chi connectivity index (χ2v) is 6.16. The number of hydrogen-bond acceptors (Lipinski definition) is 4. The average molecular weight is 347 g/mol. The third kappa shape index (κ3) is 5.77. The Morgan fingerprint density at radius 2 is 2.04 bits per heavy atom. The van der Waals surface area contributed by atoms with Gasteiger partial charge in [-0.05, 0) is 43.9 Å². The highest BCUT2D eigenvalue weighted by atomic mass is 16.5. The summed E-state index contributed by atoms with van der Waals surface area (Å²) in [5, 5.41) is 5.41. The molecular weight excluding hydrogens is 322 g/mol. The predicted molar refractivity (Wildman–Crippen MR) is 93.3 cm³/mol. The molecule has 1 aliphatic rings. The van der Waals surface area contributed by atoms with E-state index < -0.39 is 0 Å². The van der Waals surface area contributed by atoms with E-state index in [1.54, 1.807) is 7.11 Å². The van der Waals surface area contributed by atoms with Crippen LogP contribution in [0.1, 0.15) is 31.7 Å². The lowest BCUT2D eigenvalue weighted by molar-refractivity contribution is -0.126. The van der Waals surface area contributed by atoms with Gasteiger partial charge in [-0.1, -0.05) is 12.1 Å². The van der Waals surface area contributed by atoms with Gasteiger partial charge in [0.15, 0.2) is 0 Å². The van der Waals surface area contributed by atoms with Crippen molar-refractivity contribution in [2.75, 3.05) is 20.2 Å². The average Bonchev–Trinajstić information content (AvgIpc) is 2.92. The number of imide groups is 1. The Morgan fingerprint density at radius 3 is 2.64 bits per heavy atom. The molecule has 0 bridgehead atoms. The molecule has 0 spiro atoms. The number of urea groups is 1. The molecule has 0 radical (unpaired) electrons. The maximum Gasteiger partial charge on any atom is 0.324 e. The number of hydrogen-bond donors (Lipinski definition) is 2. The topological polar surface area (TPSA) is 87.7 Å². The van der Waals surface area contributed by atoms with Crippen LogP contribution < -0.4 is 15.4 Å². The molecule has 1 heterocycles. The zero-order valence-corrected chi connectivity index (χ0v) is 14.7. The number of rotatable bonds is 9. The fourth-order valence-electron chi connectivity index (χ4n) is 2.67. The summed E-state index contributed by atoms with van der Waals surface area (Å²) in [7, 11) is 1.64. The quantitative estimate of drug-likeness (QED) is 0.662. The molecule has 0 aliphatic carbocycles. The van der Waals surface area contributed by atoms with Gasteiger partial charge in [-0.3, -0.25) is 14.5 Å². The molecule has 7 heteroatoms. The Kier molecular flexibility index (Phi) is 6.80. The Hall–Kier alpha value is -2.57. The molecule has 7 nitrogen and oxygen atoms in total. The summed E-state index contributed by atoms with van der Waals surface area (Å²) in [6.07, 6.45) is 2.47. The van der Waals surface area contributed by atoms with E-state index in [1.165, 1.54) is 5.56 Å². The first kappa shape index (κ1) is 18.8. The first-order chi connectivity index (χ1) is 12.0. The van der Waals surface area contributed by atoms with Gasteiger partial charge >= 0.3 is 6.03 Å². The fraction of sp³-hybridized carbons (Fsp3) is 0.500. The van der Waals surface area contributed by atoms with Gasteiger partial charge in [0.2, 0.25) is 11.8 Å². The van der Waals surface area contributed by atoms with Crippen molar-refractivity contribution in [2.24, 2.45) is 0 Å². The van der Waals surface area contributed by atoms with Crippen LogP contribution in [0.4, 0.5) is 4.79 Å². The van der Waals surface area contributed by atoms with Crippen molar-refractivity contribution in [1.29, 1.82) is 0 Å². The number of nitrogens with zero attached hydrogens (tertiary/aromatic N) is 1. The molecule has 1 aromatic carbocycles. The zero-order valence-electron chi connectivity index (χ0n) is 14.7. The molecule has 0 aromatic heterocycles. The van der Waals surface area contributed by atoms with E-state index in [9.17, 15) is 14.4 Å². The highest BCUT2D eigenvalue weighted by Gasteiger charge is 2.27. The Labute approximate surface area is 147 Å². The standard InChI is InChI=1S/C18H25N3O4/c1-13(5-6-14-7-9-15(25-2)10-8-14)20-16(22)4-3-11-21-17(23)12-19-18(21)24/h7-10,13H,3-6,11-12H2,1-2H3,(H,19,24)(H,20,22)/t13-/m0/s1. The lowest BCUT2D eigenvalue weighted by Gasteiger charge is -2.15. The molecule has 1 aromatic rings. The van der Waals surface area contributed by atoms with Gasteiger partial charge in [-0.2, -0.15) is 0 Å². The third-order valence-electron chi connectivity index (χ3n) is 4.16. The summed E-state index contributed by atoms with van der Waals surface area (Å²) in [6.45, 7) is 2.30. The number of carbonyl (C=O) groups excluding carboxylic acids is 3. The molecule has 0 saturated carbocycles. The molecule has 136 valence electrons. The van der Waals surface area contributed by atoms with Gasteiger partial charge in [0.25, 0.3) is 0 Å². The fourth-order valence-corrected chi connectivity index (χ4v) is 2.67. The van der Waals surface area contributed by atoms with E-state index in [1.807, 2.05) is 31.2 Å². The number of methoxy groups -OCH3 is 1. The first-order valence-corrected chi connectivity index (χ1v) is 8.50. The Morgan fingerprint density at radius 1 is 1.32 bits per heavy atom. The van der Waals surface area contributed by atoms with Crippen LogP contribution in [0, 0.1) is 0 Å². The maximum absolute atomic E-state index is 12.0. The van der Waals surface area contributed by atoms with E-state index in [0.29, 0.717) is 12.8 Å². The van der Waals surface area contributed by atoms with Gasteiger partial charge in [-0.25, -0.2) is 4.79 Å². The van der Waals surface area contributed by atoms with Gasteiger partial charge in [0.05, 0.1) is 13.7 Å².